The van der Waals surface area contributed by atoms with Crippen LogP contribution in [0.5, 0.6) is 0 Å². The zero-order chi connectivity index (χ0) is 35.2. The summed E-state index contributed by atoms with van der Waals surface area (Å²) in [7, 11) is 8.98. The fourth-order valence-electron chi connectivity index (χ4n) is 7.42. The molecule has 2 fully saturated rings. The van der Waals surface area contributed by atoms with Gasteiger partial charge in [0.15, 0.2) is 0 Å². The van der Waals surface area contributed by atoms with Gasteiger partial charge in [-0.15, -0.1) is 11.4 Å². The summed E-state index contributed by atoms with van der Waals surface area (Å²) in [5.41, 5.74) is 5.21. The predicted octanol–water partition coefficient (Wildman–Crippen LogP) is 8.56. The van der Waals surface area contributed by atoms with Crippen molar-refractivity contribution in [3.63, 3.8) is 0 Å². The molecule has 10 heteroatoms. The summed E-state index contributed by atoms with van der Waals surface area (Å²) in [6.07, 6.45) is 16.2. The standard InChI is InChI=1S/2C19H24N2O.2ClH.2Pd/c2*1-14-11-12-16(20-13-14)19(2,15-7-4-3-5-8-15)17-9-6-10-18(22)21-17;;;;/h2*6,9-13,15H,3-5,7-8H2,1-2H3,(H,21,22);2*1H;;/q;;;;2*+2/p-4. The third-order valence-electron chi connectivity index (χ3n) is 10.2. The molecule has 4 heterocycles. The Morgan fingerprint density at radius 1 is 0.583 bits per heavy atom. The van der Waals surface area contributed by atoms with Crippen LogP contribution in [-0.2, 0) is 47.2 Å². The molecule has 2 atom stereocenters. The average molecular weight is 875 g/mol. The van der Waals surface area contributed by atoms with E-state index in [4.69, 9.17) is 0 Å². The van der Waals surface area contributed by atoms with E-state index in [1.807, 2.05) is 50.5 Å². The minimum atomic E-state index is -0.283. The van der Waals surface area contributed by atoms with Gasteiger partial charge in [-0.2, -0.15) is 0 Å². The second-order valence-corrected chi connectivity index (χ2v) is 13.2. The quantitative estimate of drug-likeness (QED) is 0.181. The van der Waals surface area contributed by atoms with E-state index in [0.29, 0.717) is 11.8 Å². The topological polar surface area (TPSA) is 88.1 Å². The number of pyridine rings is 4. The summed E-state index contributed by atoms with van der Waals surface area (Å²) < 4.78 is 0. The van der Waals surface area contributed by atoms with Crippen molar-refractivity contribution in [2.24, 2.45) is 11.8 Å². The Morgan fingerprint density at radius 2 is 0.938 bits per heavy atom. The summed E-state index contributed by atoms with van der Waals surface area (Å²) in [5.74, 6) is 0.983. The number of rotatable bonds is 6. The zero-order valence-corrected chi connectivity index (χ0v) is 32.8. The minimum absolute atomic E-state index is 0.161. The first-order valence-corrected chi connectivity index (χ1v) is 20.6. The molecule has 6 rings (SSSR count). The molecule has 0 radical (unpaired) electrons. The molecule has 4 aromatic heterocycles. The van der Waals surface area contributed by atoms with E-state index in [0.717, 1.165) is 33.9 Å². The van der Waals surface area contributed by atoms with E-state index in [9.17, 15) is 9.59 Å². The van der Waals surface area contributed by atoms with E-state index in [1.54, 1.807) is 0 Å². The molecule has 4 aromatic rings. The van der Waals surface area contributed by atoms with Crippen LogP contribution in [0.3, 0.4) is 0 Å². The van der Waals surface area contributed by atoms with Crippen LogP contribution in [0, 0.1) is 25.7 Å². The molecule has 0 aliphatic heterocycles. The molecule has 0 spiro atoms. The number of halogens is 2. The van der Waals surface area contributed by atoms with E-state index < -0.39 is 0 Å². The van der Waals surface area contributed by atoms with Gasteiger partial charge < -0.3 is 19.6 Å². The van der Waals surface area contributed by atoms with Crippen molar-refractivity contribution in [1.82, 2.24) is 19.9 Å². The van der Waals surface area contributed by atoms with Crippen LogP contribution >= 0.6 is 19.1 Å². The summed E-state index contributed by atoms with van der Waals surface area (Å²) in [6.45, 7) is 8.52. The first kappa shape index (κ1) is 40.5. The Hall–Kier alpha value is -1.90. The molecule has 0 saturated heterocycles. The summed E-state index contributed by atoms with van der Waals surface area (Å²) in [4.78, 5) is 41.6. The van der Waals surface area contributed by atoms with Gasteiger partial charge in [0.05, 0.1) is 11.1 Å². The van der Waals surface area contributed by atoms with Crippen molar-refractivity contribution in [1.29, 1.82) is 0 Å². The SMILES string of the molecule is Cc1ccc(C(C)(c2cccc(=O)[n-]2)C2CCCCC2)nc1.Cc1ccc(C(C)(c2cccc(=O)[n-]2)C2CCCCC2)nc1.[Cl][Pd+].[Cl][Pd+]. The van der Waals surface area contributed by atoms with Crippen molar-refractivity contribution in [2.45, 2.75) is 103 Å². The van der Waals surface area contributed by atoms with Crippen LogP contribution in [-0.4, -0.2) is 9.97 Å². The van der Waals surface area contributed by atoms with Gasteiger partial charge in [0.25, 0.3) is 0 Å². The van der Waals surface area contributed by atoms with Crippen molar-refractivity contribution in [2.75, 3.05) is 0 Å². The molecule has 0 bridgehead atoms. The van der Waals surface area contributed by atoms with Crippen LogP contribution in [0.4, 0.5) is 0 Å². The number of hydrogen-bond donors (Lipinski definition) is 0. The number of nitrogens with zero attached hydrogens (tertiary/aromatic N) is 4. The second-order valence-electron chi connectivity index (χ2n) is 13.2. The molecule has 0 N–H and O–H groups in total. The third kappa shape index (κ3) is 10.1. The van der Waals surface area contributed by atoms with Gasteiger partial charge in [-0.1, -0.05) is 88.8 Å². The monoisotopic (exact) mass is 872 g/mol. The van der Waals surface area contributed by atoms with Crippen molar-refractivity contribution < 1.29 is 36.4 Å². The Bertz CT molecular complexity index is 1510. The first-order valence-electron chi connectivity index (χ1n) is 16.6. The average Bonchev–Trinajstić information content (AvgIpc) is 3.14. The molecule has 48 heavy (non-hydrogen) atoms. The maximum absolute atomic E-state index is 11.8. The van der Waals surface area contributed by atoms with E-state index >= 15 is 0 Å². The van der Waals surface area contributed by atoms with Gasteiger partial charge in [-0.3, -0.25) is 9.97 Å². The molecule has 0 aromatic carbocycles. The third-order valence-corrected chi connectivity index (χ3v) is 10.2. The van der Waals surface area contributed by atoms with Gasteiger partial charge in [0.1, 0.15) is 0 Å². The number of aromatic nitrogens is 4. The van der Waals surface area contributed by atoms with Gasteiger partial charge in [-0.05, 0) is 86.8 Å². The summed E-state index contributed by atoms with van der Waals surface area (Å²) in [6, 6.07) is 19.1. The van der Waals surface area contributed by atoms with Gasteiger partial charge >= 0.3 is 55.4 Å². The molecule has 0 amide bonds. The molecule has 2 aliphatic rings. The van der Waals surface area contributed by atoms with Crippen molar-refractivity contribution in [3.8, 4) is 0 Å². The fraction of sp³-hybridized carbons (Fsp3) is 0.474. The number of aryl methyl sites for hydroxylation is 2. The van der Waals surface area contributed by atoms with Gasteiger partial charge in [0.2, 0.25) is 0 Å². The Morgan fingerprint density at radius 3 is 1.23 bits per heavy atom. The van der Waals surface area contributed by atoms with Gasteiger partial charge in [0, 0.05) is 34.6 Å². The molecule has 2 aliphatic carbocycles. The molecular formula is C38H46Cl2N4O2Pd2. The van der Waals surface area contributed by atoms with Crippen LogP contribution in [0.15, 0.2) is 82.6 Å². The summed E-state index contributed by atoms with van der Waals surface area (Å²) >= 11 is 4.44. The van der Waals surface area contributed by atoms with Crippen LogP contribution < -0.4 is 21.1 Å². The zero-order valence-electron chi connectivity index (χ0n) is 28.1. The van der Waals surface area contributed by atoms with Crippen LogP contribution in [0.1, 0.15) is 112 Å². The Kier molecular flexibility index (Phi) is 17.0. The molecule has 264 valence electrons. The van der Waals surface area contributed by atoms with E-state index in [-0.39, 0.29) is 21.9 Å². The van der Waals surface area contributed by atoms with Crippen molar-refractivity contribution in [3.05, 3.63) is 128 Å². The van der Waals surface area contributed by atoms with Gasteiger partial charge in [-0.25, -0.2) is 0 Å². The fourth-order valence-corrected chi connectivity index (χ4v) is 7.42. The summed E-state index contributed by atoms with van der Waals surface area (Å²) in [5, 5.41) is 0. The second kappa shape index (κ2) is 20.1. The number of hydrogen-bond acceptors (Lipinski definition) is 4. The van der Waals surface area contributed by atoms with Crippen molar-refractivity contribution >= 4 is 19.1 Å². The molecular weight excluding hydrogens is 828 g/mol. The normalized spacial score (nSPS) is 17.5. The van der Waals surface area contributed by atoms with E-state index in [1.165, 1.54) is 76.3 Å². The van der Waals surface area contributed by atoms with Crippen LogP contribution in [0.25, 0.3) is 0 Å². The Labute approximate surface area is 315 Å². The molecule has 6 nitrogen and oxygen atoms in total. The first-order chi connectivity index (χ1) is 23.2. The maximum atomic E-state index is 11.8. The molecule has 2 saturated carbocycles. The Balaban J connectivity index is 0.000000236. The van der Waals surface area contributed by atoms with E-state index in [2.05, 4.69) is 113 Å². The predicted molar refractivity (Wildman–Crippen MR) is 188 cm³/mol. The molecule has 2 unspecified atom stereocenters. The van der Waals surface area contributed by atoms with Crippen LogP contribution in [0.2, 0.25) is 0 Å².